The van der Waals surface area contributed by atoms with Gasteiger partial charge in [-0.15, -0.1) is 0 Å². The Labute approximate surface area is 170 Å². The standard InChI is InChI=1S/C22H30O7/c1-9-10(2)13-6-12(9)17-14-7-15(18(13)17)20(19(14)21(25)27-4-3-23)22(26)29-11-5-16(24)28-8-11/h9-15,17-20,23H,3-8H2,1-2H3. The van der Waals surface area contributed by atoms with Gasteiger partial charge in [0.05, 0.1) is 24.9 Å². The molecule has 0 amide bonds. The molecule has 1 aliphatic heterocycles. The average Bonchev–Trinajstić information content (AvgIpc) is 3.47. The molecule has 11 atom stereocenters. The highest BCUT2D eigenvalue weighted by atomic mass is 16.6. The Hall–Kier alpha value is -1.63. The van der Waals surface area contributed by atoms with Gasteiger partial charge in [0, 0.05) is 0 Å². The molecule has 5 aliphatic rings. The van der Waals surface area contributed by atoms with Gasteiger partial charge in [-0.25, -0.2) is 0 Å². The van der Waals surface area contributed by atoms with Crippen molar-refractivity contribution in [1.82, 2.24) is 0 Å². The molecule has 160 valence electrons. The van der Waals surface area contributed by atoms with Crippen molar-refractivity contribution in [3.63, 3.8) is 0 Å². The molecule has 7 nitrogen and oxygen atoms in total. The molecule has 0 spiro atoms. The van der Waals surface area contributed by atoms with Crippen molar-refractivity contribution in [3.8, 4) is 0 Å². The Kier molecular flexibility index (Phi) is 4.64. The van der Waals surface area contributed by atoms with Crippen molar-refractivity contribution >= 4 is 17.9 Å². The van der Waals surface area contributed by atoms with Crippen molar-refractivity contribution in [1.29, 1.82) is 0 Å². The summed E-state index contributed by atoms with van der Waals surface area (Å²) in [5.41, 5.74) is 0. The first-order valence-electron chi connectivity index (χ1n) is 11.1. The van der Waals surface area contributed by atoms with Crippen molar-refractivity contribution in [2.24, 2.45) is 59.2 Å². The number of hydrogen-bond acceptors (Lipinski definition) is 7. The molecular weight excluding hydrogens is 376 g/mol. The van der Waals surface area contributed by atoms with E-state index in [1.54, 1.807) is 0 Å². The maximum atomic E-state index is 13.2. The van der Waals surface area contributed by atoms with Gasteiger partial charge >= 0.3 is 17.9 Å². The molecule has 1 saturated heterocycles. The number of esters is 3. The molecule has 4 bridgehead atoms. The maximum absolute atomic E-state index is 13.2. The monoisotopic (exact) mass is 406 g/mol. The van der Waals surface area contributed by atoms with Crippen LogP contribution in [0.1, 0.15) is 33.1 Å². The van der Waals surface area contributed by atoms with E-state index in [4.69, 9.17) is 19.3 Å². The minimum Gasteiger partial charge on any atom is -0.463 e. The number of fused-ring (bicyclic) bond motifs is 9. The summed E-state index contributed by atoms with van der Waals surface area (Å²) in [5, 5.41) is 9.06. The molecular formula is C22H30O7. The smallest absolute Gasteiger partial charge is 0.310 e. The van der Waals surface area contributed by atoms with Crippen molar-refractivity contribution in [3.05, 3.63) is 0 Å². The van der Waals surface area contributed by atoms with Crippen LogP contribution in [0.15, 0.2) is 0 Å². The predicted octanol–water partition coefficient (Wildman–Crippen LogP) is 1.42. The minimum absolute atomic E-state index is 0.0486. The number of hydrogen-bond donors (Lipinski definition) is 1. The zero-order chi connectivity index (χ0) is 20.4. The fraction of sp³-hybridized carbons (Fsp3) is 0.864. The lowest BCUT2D eigenvalue weighted by atomic mass is 9.59. The summed E-state index contributed by atoms with van der Waals surface area (Å²) in [5.74, 6) is 1.70. The van der Waals surface area contributed by atoms with Gasteiger partial charge < -0.3 is 19.3 Å². The first kappa shape index (κ1) is 19.3. The second-order valence-electron chi connectivity index (χ2n) is 9.89. The van der Waals surface area contributed by atoms with Gasteiger partial charge in [-0.05, 0) is 60.2 Å². The highest BCUT2D eigenvalue weighted by molar-refractivity contribution is 5.84. The second kappa shape index (κ2) is 6.96. The van der Waals surface area contributed by atoms with Gasteiger partial charge in [0.15, 0.2) is 0 Å². The number of carbonyl (C=O) groups excluding carboxylic acids is 3. The van der Waals surface area contributed by atoms with Crippen LogP contribution in [0.4, 0.5) is 0 Å². The molecule has 7 heteroatoms. The SMILES string of the molecule is CC1C(C)C2CC1C1C3CC(C(C(=O)OC4COC(=O)C4)C3C(=O)OCCO)C21. The normalized spacial score (nSPS) is 49.2. The Bertz CT molecular complexity index is 720. The van der Waals surface area contributed by atoms with E-state index in [1.807, 2.05) is 0 Å². The molecule has 0 aromatic heterocycles. The lowest BCUT2D eigenvalue weighted by molar-refractivity contribution is -0.171. The first-order valence-corrected chi connectivity index (χ1v) is 11.1. The summed E-state index contributed by atoms with van der Waals surface area (Å²) < 4.78 is 15.9. The van der Waals surface area contributed by atoms with Crippen molar-refractivity contribution < 1.29 is 33.7 Å². The van der Waals surface area contributed by atoms with E-state index in [0.29, 0.717) is 35.5 Å². The molecule has 5 fully saturated rings. The fourth-order valence-corrected chi connectivity index (χ4v) is 7.94. The summed E-state index contributed by atoms with van der Waals surface area (Å²) >= 11 is 0. The minimum atomic E-state index is -0.557. The molecule has 4 saturated carbocycles. The van der Waals surface area contributed by atoms with Crippen LogP contribution in [0.5, 0.6) is 0 Å². The van der Waals surface area contributed by atoms with E-state index >= 15 is 0 Å². The van der Waals surface area contributed by atoms with Crippen LogP contribution in [-0.2, 0) is 28.6 Å². The first-order chi connectivity index (χ1) is 13.9. The number of rotatable bonds is 5. The van der Waals surface area contributed by atoms with Gasteiger partial charge in [0.25, 0.3) is 0 Å². The lowest BCUT2D eigenvalue weighted by Gasteiger charge is -2.45. The zero-order valence-electron chi connectivity index (χ0n) is 17.0. The number of aliphatic hydroxyl groups is 1. The zero-order valence-corrected chi connectivity index (χ0v) is 17.0. The summed E-state index contributed by atoms with van der Waals surface area (Å²) in [6.07, 6.45) is 1.60. The van der Waals surface area contributed by atoms with Gasteiger partial charge in [-0.1, -0.05) is 13.8 Å². The number of carbonyl (C=O) groups is 3. The topological polar surface area (TPSA) is 99.1 Å². The predicted molar refractivity (Wildman–Crippen MR) is 99.0 cm³/mol. The third-order valence-corrected chi connectivity index (χ3v) is 8.99. The quantitative estimate of drug-likeness (QED) is 0.419. The Morgan fingerprint density at radius 1 is 1.00 bits per heavy atom. The number of aliphatic hydroxyl groups excluding tert-OH is 1. The number of ether oxygens (including phenoxy) is 3. The lowest BCUT2D eigenvalue weighted by Crippen LogP contribution is -2.48. The van der Waals surface area contributed by atoms with Gasteiger partial charge in [0.2, 0.25) is 0 Å². The molecule has 4 aliphatic carbocycles. The van der Waals surface area contributed by atoms with Crippen LogP contribution >= 0.6 is 0 Å². The van der Waals surface area contributed by atoms with Crippen LogP contribution in [0.25, 0.3) is 0 Å². The maximum Gasteiger partial charge on any atom is 0.310 e. The van der Waals surface area contributed by atoms with Crippen LogP contribution in [0, 0.1) is 59.2 Å². The van der Waals surface area contributed by atoms with Gasteiger partial charge in [-0.3, -0.25) is 14.4 Å². The van der Waals surface area contributed by atoms with E-state index in [-0.39, 0.29) is 56.0 Å². The van der Waals surface area contributed by atoms with Gasteiger partial charge in [-0.2, -0.15) is 0 Å². The average molecular weight is 406 g/mol. The highest BCUT2D eigenvalue weighted by Crippen LogP contribution is 2.72. The third-order valence-electron chi connectivity index (χ3n) is 8.99. The van der Waals surface area contributed by atoms with E-state index in [9.17, 15) is 14.4 Å². The number of cyclic esters (lactones) is 1. The molecule has 0 aromatic carbocycles. The molecule has 5 rings (SSSR count). The summed E-state index contributed by atoms with van der Waals surface area (Å²) in [6, 6.07) is 0. The molecule has 1 heterocycles. The highest BCUT2D eigenvalue weighted by Gasteiger charge is 2.71. The third kappa shape index (κ3) is 2.76. The summed E-state index contributed by atoms with van der Waals surface area (Å²) in [6.45, 7) is 4.48. The Morgan fingerprint density at radius 2 is 1.59 bits per heavy atom. The van der Waals surface area contributed by atoms with Gasteiger partial charge in [0.1, 0.15) is 19.3 Å². The van der Waals surface area contributed by atoms with Crippen LogP contribution in [0.2, 0.25) is 0 Å². The second-order valence-corrected chi connectivity index (χ2v) is 9.89. The molecule has 29 heavy (non-hydrogen) atoms. The Balaban J connectivity index is 1.40. The Morgan fingerprint density at radius 3 is 2.14 bits per heavy atom. The fourth-order valence-electron chi connectivity index (χ4n) is 7.94. The largest absolute Gasteiger partial charge is 0.463 e. The van der Waals surface area contributed by atoms with Crippen LogP contribution in [-0.4, -0.2) is 48.9 Å². The molecule has 0 radical (unpaired) electrons. The van der Waals surface area contributed by atoms with E-state index in [0.717, 1.165) is 6.42 Å². The van der Waals surface area contributed by atoms with Crippen molar-refractivity contribution in [2.45, 2.75) is 39.2 Å². The van der Waals surface area contributed by atoms with E-state index < -0.39 is 17.9 Å². The molecule has 11 unspecified atom stereocenters. The van der Waals surface area contributed by atoms with E-state index in [1.165, 1.54) is 6.42 Å². The van der Waals surface area contributed by atoms with E-state index in [2.05, 4.69) is 13.8 Å². The summed E-state index contributed by atoms with van der Waals surface area (Å²) in [7, 11) is 0. The van der Waals surface area contributed by atoms with Crippen LogP contribution in [0.3, 0.4) is 0 Å². The van der Waals surface area contributed by atoms with Crippen LogP contribution < -0.4 is 0 Å². The van der Waals surface area contributed by atoms with Crippen molar-refractivity contribution in [2.75, 3.05) is 19.8 Å². The summed E-state index contributed by atoms with van der Waals surface area (Å²) in [4.78, 5) is 37.5. The molecule has 1 N–H and O–H groups in total. The molecule has 0 aromatic rings.